The second-order valence-electron chi connectivity index (χ2n) is 5.26. The van der Waals surface area contributed by atoms with Crippen LogP contribution in [-0.4, -0.2) is 0 Å². The molecule has 1 aliphatic heterocycles. The SMILES string of the molecule is CCCc1ccccc1N1Cc2ccc(N)cc2C1. The second-order valence-corrected chi connectivity index (χ2v) is 5.26. The minimum Gasteiger partial charge on any atom is -0.399 e. The van der Waals surface area contributed by atoms with Gasteiger partial charge in [-0.05, 0) is 41.3 Å². The molecule has 1 heterocycles. The Morgan fingerprint density at radius 1 is 1.05 bits per heavy atom. The van der Waals surface area contributed by atoms with E-state index in [1.54, 1.807) is 0 Å². The summed E-state index contributed by atoms with van der Waals surface area (Å²) >= 11 is 0. The normalized spacial score (nSPS) is 13.6. The van der Waals surface area contributed by atoms with E-state index < -0.39 is 0 Å². The number of hydrogen-bond acceptors (Lipinski definition) is 2. The lowest BCUT2D eigenvalue weighted by atomic mass is 10.1. The Hall–Kier alpha value is -1.96. The topological polar surface area (TPSA) is 29.3 Å². The third-order valence-electron chi connectivity index (χ3n) is 3.80. The molecule has 0 bridgehead atoms. The Kier molecular flexibility index (Phi) is 3.16. The summed E-state index contributed by atoms with van der Waals surface area (Å²) in [5, 5.41) is 0. The van der Waals surface area contributed by atoms with Crippen LogP contribution < -0.4 is 10.6 Å². The number of hydrogen-bond donors (Lipinski definition) is 1. The summed E-state index contributed by atoms with van der Waals surface area (Å²) < 4.78 is 0. The molecule has 0 atom stereocenters. The lowest BCUT2D eigenvalue weighted by Gasteiger charge is -2.21. The number of nitrogens with two attached hydrogens (primary N) is 1. The van der Waals surface area contributed by atoms with E-state index in [-0.39, 0.29) is 0 Å². The molecule has 2 aromatic carbocycles. The number of nitrogens with zero attached hydrogens (tertiary/aromatic N) is 1. The van der Waals surface area contributed by atoms with Crippen molar-refractivity contribution >= 4 is 11.4 Å². The van der Waals surface area contributed by atoms with Gasteiger partial charge in [0.1, 0.15) is 0 Å². The van der Waals surface area contributed by atoms with Gasteiger partial charge in [-0.15, -0.1) is 0 Å². The van der Waals surface area contributed by atoms with Crippen molar-refractivity contribution in [1.82, 2.24) is 0 Å². The summed E-state index contributed by atoms with van der Waals surface area (Å²) in [5.41, 5.74) is 12.3. The van der Waals surface area contributed by atoms with E-state index in [9.17, 15) is 0 Å². The van der Waals surface area contributed by atoms with E-state index >= 15 is 0 Å². The zero-order chi connectivity index (χ0) is 13.2. The largest absolute Gasteiger partial charge is 0.399 e. The molecule has 2 aromatic rings. The van der Waals surface area contributed by atoms with E-state index in [4.69, 9.17) is 5.73 Å². The number of rotatable bonds is 3. The molecule has 0 saturated carbocycles. The van der Waals surface area contributed by atoms with Gasteiger partial charge in [-0.1, -0.05) is 37.6 Å². The first-order valence-corrected chi connectivity index (χ1v) is 6.98. The minimum atomic E-state index is 0.863. The van der Waals surface area contributed by atoms with Crippen molar-refractivity contribution in [2.45, 2.75) is 32.9 Å². The fourth-order valence-corrected chi connectivity index (χ4v) is 2.88. The van der Waals surface area contributed by atoms with Gasteiger partial charge in [-0.25, -0.2) is 0 Å². The highest BCUT2D eigenvalue weighted by Gasteiger charge is 2.20. The van der Waals surface area contributed by atoms with E-state index in [0.717, 1.165) is 25.2 Å². The summed E-state index contributed by atoms with van der Waals surface area (Å²) in [4.78, 5) is 2.45. The highest BCUT2D eigenvalue weighted by atomic mass is 15.1. The second kappa shape index (κ2) is 4.96. The van der Waals surface area contributed by atoms with Gasteiger partial charge in [-0.2, -0.15) is 0 Å². The number of para-hydroxylation sites is 1. The number of nitrogen functional groups attached to an aromatic ring is 1. The van der Waals surface area contributed by atoms with Crippen molar-refractivity contribution in [2.24, 2.45) is 0 Å². The highest BCUT2D eigenvalue weighted by molar-refractivity contribution is 5.58. The predicted molar refractivity (Wildman–Crippen MR) is 81.2 cm³/mol. The first kappa shape index (κ1) is 12.1. The molecule has 0 saturated heterocycles. The van der Waals surface area contributed by atoms with Crippen LogP contribution in [0.2, 0.25) is 0 Å². The Morgan fingerprint density at radius 2 is 1.84 bits per heavy atom. The van der Waals surface area contributed by atoms with Crippen molar-refractivity contribution in [3.8, 4) is 0 Å². The third-order valence-corrected chi connectivity index (χ3v) is 3.80. The Bertz CT molecular complexity index is 590. The van der Waals surface area contributed by atoms with Crippen LogP contribution in [0.15, 0.2) is 42.5 Å². The number of aryl methyl sites for hydroxylation is 1. The fourth-order valence-electron chi connectivity index (χ4n) is 2.88. The zero-order valence-electron chi connectivity index (χ0n) is 11.4. The summed E-state index contributed by atoms with van der Waals surface area (Å²) in [6.45, 7) is 4.20. The molecule has 0 spiro atoms. The molecule has 19 heavy (non-hydrogen) atoms. The van der Waals surface area contributed by atoms with E-state index in [2.05, 4.69) is 48.2 Å². The molecule has 0 amide bonds. The molecule has 98 valence electrons. The lowest BCUT2D eigenvalue weighted by molar-refractivity contribution is 0.849. The lowest BCUT2D eigenvalue weighted by Crippen LogP contribution is -2.16. The average molecular weight is 252 g/mol. The monoisotopic (exact) mass is 252 g/mol. The van der Waals surface area contributed by atoms with Gasteiger partial charge in [0.2, 0.25) is 0 Å². The summed E-state index contributed by atoms with van der Waals surface area (Å²) in [6, 6.07) is 15.0. The van der Waals surface area contributed by atoms with Gasteiger partial charge in [0, 0.05) is 24.5 Å². The molecule has 0 aliphatic carbocycles. The van der Waals surface area contributed by atoms with E-state index in [1.165, 1.54) is 28.8 Å². The van der Waals surface area contributed by atoms with Crippen LogP contribution >= 0.6 is 0 Å². The van der Waals surface area contributed by atoms with Crippen molar-refractivity contribution in [3.05, 3.63) is 59.2 Å². The molecule has 2 heteroatoms. The fraction of sp³-hybridized carbons (Fsp3) is 0.294. The van der Waals surface area contributed by atoms with Gasteiger partial charge >= 0.3 is 0 Å². The van der Waals surface area contributed by atoms with Crippen LogP contribution in [0.1, 0.15) is 30.0 Å². The zero-order valence-corrected chi connectivity index (χ0v) is 11.4. The molecule has 0 aromatic heterocycles. The first-order chi connectivity index (χ1) is 9.28. The number of benzene rings is 2. The minimum absolute atomic E-state index is 0.863. The maximum atomic E-state index is 5.87. The summed E-state index contributed by atoms with van der Waals surface area (Å²) in [6.07, 6.45) is 2.33. The summed E-state index contributed by atoms with van der Waals surface area (Å²) in [5.74, 6) is 0. The number of fused-ring (bicyclic) bond motifs is 1. The highest BCUT2D eigenvalue weighted by Crippen LogP contribution is 2.31. The Morgan fingerprint density at radius 3 is 2.68 bits per heavy atom. The van der Waals surface area contributed by atoms with E-state index in [0.29, 0.717) is 0 Å². The summed E-state index contributed by atoms with van der Waals surface area (Å²) in [7, 11) is 0. The van der Waals surface area contributed by atoms with Crippen LogP contribution in [0, 0.1) is 0 Å². The smallest absolute Gasteiger partial charge is 0.0437 e. The Labute approximate surface area is 114 Å². The van der Waals surface area contributed by atoms with E-state index in [1.807, 2.05) is 6.07 Å². The molecular formula is C17H20N2. The molecule has 0 fully saturated rings. The molecule has 0 unspecified atom stereocenters. The van der Waals surface area contributed by atoms with Crippen molar-refractivity contribution in [1.29, 1.82) is 0 Å². The van der Waals surface area contributed by atoms with Crippen LogP contribution in [0.5, 0.6) is 0 Å². The van der Waals surface area contributed by atoms with Gasteiger partial charge in [0.15, 0.2) is 0 Å². The van der Waals surface area contributed by atoms with Crippen molar-refractivity contribution in [3.63, 3.8) is 0 Å². The van der Waals surface area contributed by atoms with Crippen molar-refractivity contribution in [2.75, 3.05) is 10.6 Å². The third kappa shape index (κ3) is 2.30. The van der Waals surface area contributed by atoms with Crippen LogP contribution in [0.3, 0.4) is 0 Å². The average Bonchev–Trinajstić information content (AvgIpc) is 2.82. The molecule has 2 N–H and O–H groups in total. The van der Waals surface area contributed by atoms with Gasteiger partial charge in [0.25, 0.3) is 0 Å². The maximum Gasteiger partial charge on any atom is 0.0437 e. The van der Waals surface area contributed by atoms with Gasteiger partial charge in [-0.3, -0.25) is 0 Å². The van der Waals surface area contributed by atoms with Crippen LogP contribution in [-0.2, 0) is 19.5 Å². The standard InChI is InChI=1S/C17H20N2/c1-2-5-13-6-3-4-7-17(13)19-11-14-8-9-16(18)10-15(14)12-19/h3-4,6-10H,2,5,11-12,18H2,1H3. The number of anilines is 2. The van der Waals surface area contributed by atoms with Crippen molar-refractivity contribution < 1.29 is 0 Å². The molecule has 1 aliphatic rings. The van der Waals surface area contributed by atoms with Gasteiger partial charge in [0.05, 0.1) is 0 Å². The maximum absolute atomic E-state index is 5.87. The molecular weight excluding hydrogens is 232 g/mol. The molecule has 0 radical (unpaired) electrons. The van der Waals surface area contributed by atoms with Crippen LogP contribution in [0.4, 0.5) is 11.4 Å². The first-order valence-electron chi connectivity index (χ1n) is 6.98. The van der Waals surface area contributed by atoms with Gasteiger partial charge < -0.3 is 10.6 Å². The van der Waals surface area contributed by atoms with Crippen LogP contribution in [0.25, 0.3) is 0 Å². The molecule has 3 rings (SSSR count). The quantitative estimate of drug-likeness (QED) is 0.843. The Balaban J connectivity index is 1.90. The predicted octanol–water partition coefficient (Wildman–Crippen LogP) is 3.74. The molecule has 2 nitrogen and oxygen atoms in total.